The lowest BCUT2D eigenvalue weighted by Crippen LogP contribution is -2.24. The Morgan fingerprint density at radius 1 is 1.59 bits per heavy atom. The van der Waals surface area contributed by atoms with Crippen LogP contribution in [-0.4, -0.2) is 24.3 Å². The first-order valence-corrected chi connectivity index (χ1v) is 5.75. The maximum absolute atomic E-state index is 13.5. The fourth-order valence-electron chi connectivity index (χ4n) is 2.29. The van der Waals surface area contributed by atoms with Crippen LogP contribution in [0, 0.1) is 23.1 Å². The summed E-state index contributed by atoms with van der Waals surface area (Å²) in [6, 6.07) is 6.57. The van der Waals surface area contributed by atoms with Gasteiger partial charge in [0.2, 0.25) is 0 Å². The van der Waals surface area contributed by atoms with Gasteiger partial charge in [0.1, 0.15) is 17.4 Å². The molecule has 17 heavy (non-hydrogen) atoms. The van der Waals surface area contributed by atoms with Gasteiger partial charge in [0.15, 0.2) is 0 Å². The molecule has 90 valence electrons. The summed E-state index contributed by atoms with van der Waals surface area (Å²) in [5.41, 5.74) is 0.731. The smallest absolute Gasteiger partial charge is 0.143 e. The number of aliphatic hydroxyl groups is 1. The average Bonchev–Trinajstić information content (AvgIpc) is 2.77. The monoisotopic (exact) mass is 234 g/mol. The van der Waals surface area contributed by atoms with Gasteiger partial charge in [-0.15, -0.1) is 0 Å². The van der Waals surface area contributed by atoms with E-state index < -0.39 is 5.82 Å². The highest BCUT2D eigenvalue weighted by Crippen LogP contribution is 2.29. The van der Waals surface area contributed by atoms with Gasteiger partial charge < -0.3 is 10.0 Å². The van der Waals surface area contributed by atoms with E-state index in [1.54, 1.807) is 19.1 Å². The van der Waals surface area contributed by atoms with E-state index in [1.165, 1.54) is 6.07 Å². The molecular weight excluding hydrogens is 219 g/mol. The number of halogens is 1. The first-order valence-electron chi connectivity index (χ1n) is 5.75. The number of rotatable bonds is 2. The van der Waals surface area contributed by atoms with Crippen LogP contribution >= 0.6 is 0 Å². The Hall–Kier alpha value is -1.60. The third-order valence-electron chi connectivity index (χ3n) is 3.35. The summed E-state index contributed by atoms with van der Waals surface area (Å²) in [5, 5.41) is 18.5. The lowest BCUT2D eigenvalue weighted by atomic mass is 10.0. The summed E-state index contributed by atoms with van der Waals surface area (Å²) in [5.74, 6) is -0.282. The van der Waals surface area contributed by atoms with E-state index in [0.29, 0.717) is 12.2 Å². The second-order valence-corrected chi connectivity index (χ2v) is 4.48. The number of anilines is 1. The van der Waals surface area contributed by atoms with Crippen LogP contribution in [0.5, 0.6) is 0 Å². The summed E-state index contributed by atoms with van der Waals surface area (Å²) in [6.07, 6.45) is 0.512. The molecule has 0 saturated carbocycles. The van der Waals surface area contributed by atoms with E-state index in [0.717, 1.165) is 13.0 Å². The quantitative estimate of drug-likeness (QED) is 0.850. The van der Waals surface area contributed by atoms with Gasteiger partial charge in [-0.3, -0.25) is 0 Å². The van der Waals surface area contributed by atoms with Crippen molar-refractivity contribution >= 4 is 5.69 Å². The number of benzene rings is 1. The zero-order valence-corrected chi connectivity index (χ0v) is 9.73. The van der Waals surface area contributed by atoms with Crippen LogP contribution in [0.15, 0.2) is 18.2 Å². The van der Waals surface area contributed by atoms with Crippen molar-refractivity contribution in [1.82, 2.24) is 0 Å². The number of hydrogen-bond acceptors (Lipinski definition) is 3. The molecule has 1 aromatic carbocycles. The maximum Gasteiger partial charge on any atom is 0.143 e. The highest BCUT2D eigenvalue weighted by molar-refractivity contribution is 5.60. The third-order valence-corrected chi connectivity index (χ3v) is 3.35. The predicted molar refractivity (Wildman–Crippen MR) is 63.1 cm³/mol. The van der Waals surface area contributed by atoms with Crippen LogP contribution in [0.3, 0.4) is 0 Å². The van der Waals surface area contributed by atoms with Crippen molar-refractivity contribution in [3.8, 4) is 6.07 Å². The molecule has 1 aromatic rings. The van der Waals surface area contributed by atoms with Gasteiger partial charge in [0.05, 0.1) is 11.8 Å². The summed E-state index contributed by atoms with van der Waals surface area (Å²) in [7, 11) is 0. The Labute approximate surface area is 100 Å². The average molecular weight is 234 g/mol. The van der Waals surface area contributed by atoms with E-state index in [-0.39, 0.29) is 17.6 Å². The van der Waals surface area contributed by atoms with Gasteiger partial charge >= 0.3 is 0 Å². The minimum absolute atomic E-state index is 0.0961. The first kappa shape index (κ1) is 11.9. The molecule has 0 bridgehead atoms. The lowest BCUT2D eigenvalue weighted by molar-refractivity contribution is 0.136. The second kappa shape index (κ2) is 4.72. The first-order chi connectivity index (χ1) is 8.13. The standard InChI is InChI=1S/C13H15FN2O/c1-9(17)10-5-6-16(8-10)13-4-2-3-12(14)11(13)7-15/h2-4,9-10,17H,5-6,8H2,1H3. The van der Waals surface area contributed by atoms with Gasteiger partial charge in [-0.25, -0.2) is 4.39 Å². The van der Waals surface area contributed by atoms with Crippen molar-refractivity contribution in [2.45, 2.75) is 19.4 Å². The molecule has 1 heterocycles. The second-order valence-electron chi connectivity index (χ2n) is 4.48. The highest BCUT2D eigenvalue weighted by atomic mass is 19.1. The number of nitriles is 1. The Morgan fingerprint density at radius 3 is 2.94 bits per heavy atom. The van der Waals surface area contributed by atoms with Crippen molar-refractivity contribution in [2.75, 3.05) is 18.0 Å². The van der Waals surface area contributed by atoms with E-state index in [4.69, 9.17) is 5.26 Å². The van der Waals surface area contributed by atoms with E-state index >= 15 is 0 Å². The van der Waals surface area contributed by atoms with Crippen molar-refractivity contribution in [1.29, 1.82) is 5.26 Å². The van der Waals surface area contributed by atoms with Crippen molar-refractivity contribution in [3.63, 3.8) is 0 Å². The molecule has 2 atom stereocenters. The van der Waals surface area contributed by atoms with Crippen LogP contribution in [-0.2, 0) is 0 Å². The van der Waals surface area contributed by atoms with Crippen LogP contribution in [0.25, 0.3) is 0 Å². The molecule has 1 aliphatic heterocycles. The molecule has 3 nitrogen and oxygen atoms in total. The molecule has 2 unspecified atom stereocenters. The van der Waals surface area contributed by atoms with Gasteiger partial charge in [-0.2, -0.15) is 5.26 Å². The van der Waals surface area contributed by atoms with Crippen molar-refractivity contribution in [2.24, 2.45) is 5.92 Å². The van der Waals surface area contributed by atoms with Crippen LogP contribution < -0.4 is 4.90 Å². The number of hydrogen-bond donors (Lipinski definition) is 1. The van der Waals surface area contributed by atoms with Gasteiger partial charge in [-0.05, 0) is 25.5 Å². The molecular formula is C13H15FN2O. The molecule has 0 radical (unpaired) electrons. The van der Waals surface area contributed by atoms with Crippen molar-refractivity contribution in [3.05, 3.63) is 29.6 Å². The molecule has 1 N–H and O–H groups in total. The van der Waals surface area contributed by atoms with Gasteiger partial charge in [0.25, 0.3) is 0 Å². The Kier molecular flexibility index (Phi) is 3.30. The zero-order valence-electron chi connectivity index (χ0n) is 9.73. The SMILES string of the molecule is CC(O)C1CCN(c2cccc(F)c2C#N)C1. The molecule has 2 rings (SSSR count). The third kappa shape index (κ3) is 2.25. The number of nitrogens with zero attached hydrogens (tertiary/aromatic N) is 2. The normalized spacial score (nSPS) is 21.3. The fraction of sp³-hybridized carbons (Fsp3) is 0.462. The summed E-state index contributed by atoms with van der Waals surface area (Å²) in [6.45, 7) is 3.20. The molecule has 1 saturated heterocycles. The van der Waals surface area contributed by atoms with Crippen LogP contribution in [0.4, 0.5) is 10.1 Å². The topological polar surface area (TPSA) is 47.3 Å². The van der Waals surface area contributed by atoms with Crippen LogP contribution in [0.1, 0.15) is 18.9 Å². The zero-order chi connectivity index (χ0) is 12.4. The molecule has 0 aromatic heterocycles. The summed E-state index contributed by atoms with van der Waals surface area (Å²) >= 11 is 0. The predicted octanol–water partition coefficient (Wildman–Crippen LogP) is 1.90. The van der Waals surface area contributed by atoms with Crippen LogP contribution in [0.2, 0.25) is 0 Å². The molecule has 1 aliphatic rings. The highest BCUT2D eigenvalue weighted by Gasteiger charge is 2.27. The Bertz CT molecular complexity index is 453. The van der Waals surface area contributed by atoms with E-state index in [2.05, 4.69) is 0 Å². The van der Waals surface area contributed by atoms with Gasteiger partial charge in [0, 0.05) is 19.0 Å². The minimum Gasteiger partial charge on any atom is -0.393 e. The molecule has 0 spiro atoms. The lowest BCUT2D eigenvalue weighted by Gasteiger charge is -2.20. The Balaban J connectivity index is 2.25. The van der Waals surface area contributed by atoms with Crippen molar-refractivity contribution < 1.29 is 9.50 Å². The largest absolute Gasteiger partial charge is 0.393 e. The van der Waals surface area contributed by atoms with Gasteiger partial charge in [-0.1, -0.05) is 6.07 Å². The summed E-state index contributed by atoms with van der Waals surface area (Å²) in [4.78, 5) is 1.97. The molecule has 0 amide bonds. The fourth-order valence-corrected chi connectivity index (χ4v) is 2.29. The maximum atomic E-state index is 13.5. The molecule has 4 heteroatoms. The number of aliphatic hydroxyl groups excluding tert-OH is 1. The molecule has 0 aliphatic carbocycles. The Morgan fingerprint density at radius 2 is 2.35 bits per heavy atom. The van der Waals surface area contributed by atoms with E-state index in [1.807, 2.05) is 11.0 Å². The molecule has 1 fully saturated rings. The minimum atomic E-state index is -0.481. The van der Waals surface area contributed by atoms with E-state index in [9.17, 15) is 9.50 Å². The summed E-state index contributed by atoms with van der Waals surface area (Å²) < 4.78 is 13.5.